The number of ether oxygens (including phenoxy) is 1. The molecule has 1 aromatic rings. The average molecular weight is 313 g/mol. The number of carbonyl (C=O) groups excluding carboxylic acids is 1. The highest BCUT2D eigenvalue weighted by molar-refractivity contribution is 7.19. The Balaban J connectivity index is 2.97. The van der Waals surface area contributed by atoms with Gasteiger partial charge in [-0.25, -0.2) is 0 Å². The van der Waals surface area contributed by atoms with Gasteiger partial charge < -0.3 is 21.1 Å². The van der Waals surface area contributed by atoms with E-state index in [1.165, 1.54) is 11.3 Å². The highest BCUT2D eigenvalue weighted by Crippen LogP contribution is 2.43. The molecule has 5 nitrogen and oxygen atoms in total. The van der Waals surface area contributed by atoms with E-state index in [4.69, 9.17) is 10.5 Å². The number of hydrogen-bond acceptors (Lipinski definition) is 5. The SMILES string of the molecule is CCNC(=O)c1sc(NCCC(C)C)c(OC(C)C)c1N. The predicted molar refractivity (Wildman–Crippen MR) is 90.4 cm³/mol. The second-order valence-electron chi connectivity index (χ2n) is 5.64. The van der Waals surface area contributed by atoms with E-state index < -0.39 is 0 Å². The molecule has 0 unspecified atom stereocenters. The lowest BCUT2D eigenvalue weighted by Gasteiger charge is -2.13. The summed E-state index contributed by atoms with van der Waals surface area (Å²) in [4.78, 5) is 12.5. The van der Waals surface area contributed by atoms with Gasteiger partial charge in [-0.05, 0) is 33.1 Å². The molecule has 1 aromatic heterocycles. The molecule has 0 atom stereocenters. The van der Waals surface area contributed by atoms with Crippen molar-refractivity contribution in [3.63, 3.8) is 0 Å². The summed E-state index contributed by atoms with van der Waals surface area (Å²) in [5, 5.41) is 6.96. The van der Waals surface area contributed by atoms with Crippen molar-refractivity contribution in [1.29, 1.82) is 0 Å². The van der Waals surface area contributed by atoms with Crippen LogP contribution in [-0.2, 0) is 0 Å². The molecule has 1 rings (SSSR count). The summed E-state index contributed by atoms with van der Waals surface area (Å²) in [5.41, 5.74) is 6.52. The number of rotatable bonds is 8. The molecule has 0 fully saturated rings. The van der Waals surface area contributed by atoms with Crippen LogP contribution in [-0.4, -0.2) is 25.1 Å². The Morgan fingerprint density at radius 3 is 2.52 bits per heavy atom. The fourth-order valence-electron chi connectivity index (χ4n) is 1.78. The van der Waals surface area contributed by atoms with Gasteiger partial charge in [0, 0.05) is 13.1 Å². The smallest absolute Gasteiger partial charge is 0.263 e. The van der Waals surface area contributed by atoms with E-state index in [1.807, 2.05) is 20.8 Å². The largest absolute Gasteiger partial charge is 0.486 e. The van der Waals surface area contributed by atoms with Crippen LogP contribution in [0.1, 0.15) is 50.7 Å². The molecule has 0 aliphatic heterocycles. The molecular formula is C15H27N3O2S. The van der Waals surface area contributed by atoms with Gasteiger partial charge >= 0.3 is 0 Å². The normalized spacial score (nSPS) is 11.0. The maximum Gasteiger partial charge on any atom is 0.263 e. The number of nitrogen functional groups attached to an aromatic ring is 1. The Bertz CT molecular complexity index is 470. The lowest BCUT2D eigenvalue weighted by Crippen LogP contribution is -2.22. The molecule has 0 saturated heterocycles. The minimum atomic E-state index is -0.148. The zero-order valence-electron chi connectivity index (χ0n) is 13.6. The molecule has 120 valence electrons. The van der Waals surface area contributed by atoms with E-state index in [2.05, 4.69) is 24.5 Å². The van der Waals surface area contributed by atoms with Gasteiger partial charge in [0.1, 0.15) is 15.6 Å². The van der Waals surface area contributed by atoms with Gasteiger partial charge in [0.05, 0.1) is 6.10 Å². The van der Waals surface area contributed by atoms with Crippen LogP contribution in [0, 0.1) is 5.92 Å². The van der Waals surface area contributed by atoms with E-state index in [0.29, 0.717) is 28.8 Å². The summed E-state index contributed by atoms with van der Waals surface area (Å²) in [5.74, 6) is 1.07. The minimum absolute atomic E-state index is 0.00892. The maximum atomic E-state index is 12.0. The summed E-state index contributed by atoms with van der Waals surface area (Å²) in [6.45, 7) is 11.5. The highest BCUT2D eigenvalue weighted by atomic mass is 32.1. The van der Waals surface area contributed by atoms with Crippen molar-refractivity contribution >= 4 is 27.9 Å². The van der Waals surface area contributed by atoms with Gasteiger partial charge in [0.2, 0.25) is 0 Å². The highest BCUT2D eigenvalue weighted by Gasteiger charge is 2.22. The zero-order chi connectivity index (χ0) is 16.0. The molecule has 4 N–H and O–H groups in total. The quantitative estimate of drug-likeness (QED) is 0.688. The fraction of sp³-hybridized carbons (Fsp3) is 0.667. The molecule has 21 heavy (non-hydrogen) atoms. The van der Waals surface area contributed by atoms with Gasteiger partial charge in [0.25, 0.3) is 5.91 Å². The van der Waals surface area contributed by atoms with Crippen LogP contribution in [0.15, 0.2) is 0 Å². The molecule has 0 aliphatic rings. The van der Waals surface area contributed by atoms with Crippen molar-refractivity contribution in [3.05, 3.63) is 4.88 Å². The van der Waals surface area contributed by atoms with Crippen LogP contribution in [0.3, 0.4) is 0 Å². The second kappa shape index (κ2) is 8.12. The molecular weight excluding hydrogens is 286 g/mol. The molecule has 0 saturated carbocycles. The Morgan fingerprint density at radius 1 is 1.33 bits per heavy atom. The van der Waals surface area contributed by atoms with Gasteiger partial charge in [0.15, 0.2) is 5.75 Å². The monoisotopic (exact) mass is 313 g/mol. The third kappa shape index (κ3) is 5.12. The first-order chi connectivity index (χ1) is 9.86. The molecule has 0 spiro atoms. The Hall–Kier alpha value is -1.43. The van der Waals surface area contributed by atoms with E-state index in [1.54, 1.807) is 0 Å². The summed E-state index contributed by atoms with van der Waals surface area (Å²) < 4.78 is 5.79. The Labute approximate surface area is 131 Å². The van der Waals surface area contributed by atoms with Gasteiger partial charge in [-0.3, -0.25) is 4.79 Å². The molecule has 0 aliphatic carbocycles. The number of nitrogens with one attached hydrogen (secondary N) is 2. The number of nitrogens with two attached hydrogens (primary N) is 1. The van der Waals surface area contributed by atoms with E-state index in [0.717, 1.165) is 18.0 Å². The van der Waals surface area contributed by atoms with Crippen LogP contribution in [0.2, 0.25) is 0 Å². The maximum absolute atomic E-state index is 12.0. The first-order valence-corrected chi connectivity index (χ1v) is 8.29. The number of hydrogen-bond donors (Lipinski definition) is 3. The van der Waals surface area contributed by atoms with Crippen LogP contribution in [0.4, 0.5) is 10.7 Å². The van der Waals surface area contributed by atoms with Crippen LogP contribution in [0.25, 0.3) is 0 Å². The van der Waals surface area contributed by atoms with Crippen LogP contribution in [0.5, 0.6) is 5.75 Å². The molecule has 1 amide bonds. The third-order valence-electron chi connectivity index (χ3n) is 2.80. The van der Waals surface area contributed by atoms with Crippen molar-refractivity contribution in [2.75, 3.05) is 24.1 Å². The van der Waals surface area contributed by atoms with E-state index in [-0.39, 0.29) is 12.0 Å². The van der Waals surface area contributed by atoms with Crippen molar-refractivity contribution in [2.45, 2.75) is 47.1 Å². The van der Waals surface area contributed by atoms with Crippen molar-refractivity contribution in [3.8, 4) is 5.75 Å². The average Bonchev–Trinajstić information content (AvgIpc) is 2.67. The van der Waals surface area contributed by atoms with E-state index >= 15 is 0 Å². The Kier molecular flexibility index (Phi) is 6.81. The van der Waals surface area contributed by atoms with Crippen molar-refractivity contribution < 1.29 is 9.53 Å². The first-order valence-electron chi connectivity index (χ1n) is 7.47. The van der Waals surface area contributed by atoms with Crippen molar-refractivity contribution in [1.82, 2.24) is 5.32 Å². The van der Waals surface area contributed by atoms with Crippen molar-refractivity contribution in [2.24, 2.45) is 5.92 Å². The summed E-state index contributed by atoms with van der Waals surface area (Å²) >= 11 is 1.35. The number of carbonyl (C=O) groups is 1. The zero-order valence-corrected chi connectivity index (χ0v) is 14.4. The lowest BCUT2D eigenvalue weighted by molar-refractivity contribution is 0.0960. The molecule has 1 heterocycles. The minimum Gasteiger partial charge on any atom is -0.486 e. The Morgan fingerprint density at radius 2 is 2.00 bits per heavy atom. The lowest BCUT2D eigenvalue weighted by atomic mass is 10.1. The number of thiophene rings is 1. The molecule has 0 aromatic carbocycles. The first kappa shape index (κ1) is 17.6. The molecule has 0 radical (unpaired) electrons. The van der Waals surface area contributed by atoms with Gasteiger partial charge in [-0.2, -0.15) is 0 Å². The van der Waals surface area contributed by atoms with Gasteiger partial charge in [-0.15, -0.1) is 11.3 Å². The van der Waals surface area contributed by atoms with Crippen LogP contribution >= 0.6 is 11.3 Å². The predicted octanol–water partition coefficient (Wildman–Crippen LogP) is 3.33. The third-order valence-corrected chi connectivity index (χ3v) is 3.95. The van der Waals surface area contributed by atoms with E-state index in [9.17, 15) is 4.79 Å². The fourth-order valence-corrected chi connectivity index (χ4v) is 2.78. The van der Waals surface area contributed by atoms with Gasteiger partial charge in [-0.1, -0.05) is 13.8 Å². The summed E-state index contributed by atoms with van der Waals surface area (Å²) in [6, 6.07) is 0. The number of amides is 1. The summed E-state index contributed by atoms with van der Waals surface area (Å²) in [6.07, 6.45) is 1.06. The molecule has 6 heteroatoms. The topological polar surface area (TPSA) is 76.4 Å². The summed E-state index contributed by atoms with van der Waals surface area (Å²) in [7, 11) is 0. The molecule has 0 bridgehead atoms. The second-order valence-corrected chi connectivity index (χ2v) is 6.66. The van der Waals surface area contributed by atoms with Crippen LogP contribution < -0.4 is 21.1 Å². The standard InChI is InChI=1S/C15H27N3O2S/c1-6-17-14(19)13-11(16)12(20-10(4)5)15(21-13)18-8-7-9(2)3/h9-10,18H,6-8,16H2,1-5H3,(H,17,19). The number of anilines is 2.